The highest BCUT2D eigenvalue weighted by molar-refractivity contribution is 5.94. The highest BCUT2D eigenvalue weighted by Crippen LogP contribution is 2.41. The first kappa shape index (κ1) is 9.44. The summed E-state index contributed by atoms with van der Waals surface area (Å²) in [4.78, 5) is 14.5. The third kappa shape index (κ3) is 1.34. The van der Waals surface area contributed by atoms with Gasteiger partial charge < -0.3 is 4.90 Å². The maximum absolute atomic E-state index is 12.0. The maximum atomic E-state index is 12.0. The predicted molar refractivity (Wildman–Crippen MR) is 59.4 cm³/mol. The lowest BCUT2D eigenvalue weighted by Crippen LogP contribution is -2.48. The Hall–Kier alpha value is -0.790. The van der Waals surface area contributed by atoms with Crippen LogP contribution >= 0.6 is 0 Å². The molecule has 0 aromatic carbocycles. The number of carbonyl (C=O) groups is 1. The fourth-order valence-corrected chi connectivity index (χ4v) is 3.64. The van der Waals surface area contributed by atoms with Crippen LogP contribution in [0.3, 0.4) is 0 Å². The largest absolute Gasteiger partial charge is 0.368 e. The van der Waals surface area contributed by atoms with E-state index in [0.29, 0.717) is 23.8 Å². The van der Waals surface area contributed by atoms with Gasteiger partial charge in [-0.2, -0.15) is 0 Å². The number of rotatable bonds is 0. The van der Waals surface area contributed by atoms with Crippen LogP contribution in [0.25, 0.3) is 0 Å². The number of allylic oxidation sites excluding steroid dienone is 2. The number of hydrogen-bond donors (Lipinski definition) is 0. The van der Waals surface area contributed by atoms with E-state index < -0.39 is 0 Å². The zero-order valence-corrected chi connectivity index (χ0v) is 9.41. The first-order chi connectivity index (χ1) is 7.27. The Labute approximate surface area is 91.3 Å². The van der Waals surface area contributed by atoms with E-state index in [1.807, 2.05) is 6.08 Å². The van der Waals surface area contributed by atoms with Gasteiger partial charge in [-0.05, 0) is 32.6 Å². The van der Waals surface area contributed by atoms with Crippen molar-refractivity contribution in [2.45, 2.75) is 57.5 Å². The number of carbonyl (C=O) groups excluding carboxylic acids is 1. The molecule has 2 heteroatoms. The minimum atomic E-state index is 0.322. The standard InChI is InChI=1S/C13H19NO/c1-9-6-7-10-8-13(15)11-4-2-3-5-12(11)14(9)10/h8-9,11-12H,2-7H2,1H3/t9-,11+,12-/m1/s1. The van der Waals surface area contributed by atoms with Crippen molar-refractivity contribution in [2.75, 3.05) is 0 Å². The monoisotopic (exact) mass is 205 g/mol. The Morgan fingerprint density at radius 1 is 1.27 bits per heavy atom. The van der Waals surface area contributed by atoms with Crippen LogP contribution in [0.5, 0.6) is 0 Å². The van der Waals surface area contributed by atoms with E-state index in [4.69, 9.17) is 0 Å². The molecule has 0 aromatic heterocycles. The van der Waals surface area contributed by atoms with Crippen LogP contribution in [-0.4, -0.2) is 22.8 Å². The molecule has 1 saturated carbocycles. The molecule has 3 rings (SSSR count). The van der Waals surface area contributed by atoms with Gasteiger partial charge in [-0.25, -0.2) is 0 Å². The van der Waals surface area contributed by atoms with Crippen LogP contribution in [0.4, 0.5) is 0 Å². The van der Waals surface area contributed by atoms with Crippen LogP contribution < -0.4 is 0 Å². The zero-order chi connectivity index (χ0) is 10.4. The highest BCUT2D eigenvalue weighted by Gasteiger charge is 2.42. The maximum Gasteiger partial charge on any atom is 0.162 e. The Morgan fingerprint density at radius 2 is 2.07 bits per heavy atom. The second-order valence-electron chi connectivity index (χ2n) is 5.29. The highest BCUT2D eigenvalue weighted by atomic mass is 16.1. The fraction of sp³-hybridized carbons (Fsp3) is 0.769. The molecule has 0 aromatic rings. The van der Waals surface area contributed by atoms with Crippen LogP contribution in [0.1, 0.15) is 45.4 Å². The number of hydrogen-bond acceptors (Lipinski definition) is 2. The van der Waals surface area contributed by atoms with E-state index in [-0.39, 0.29) is 0 Å². The van der Waals surface area contributed by atoms with Gasteiger partial charge in [0.15, 0.2) is 5.78 Å². The Kier molecular flexibility index (Phi) is 2.11. The molecule has 0 unspecified atom stereocenters. The summed E-state index contributed by atoms with van der Waals surface area (Å²) >= 11 is 0. The number of ketones is 1. The van der Waals surface area contributed by atoms with Crippen LogP contribution in [0.15, 0.2) is 11.8 Å². The molecule has 3 aliphatic rings. The minimum Gasteiger partial charge on any atom is -0.368 e. The van der Waals surface area contributed by atoms with Gasteiger partial charge in [0.25, 0.3) is 0 Å². The summed E-state index contributed by atoms with van der Waals surface area (Å²) in [5.41, 5.74) is 1.33. The molecule has 0 N–H and O–H groups in total. The molecule has 2 fully saturated rings. The molecule has 0 radical (unpaired) electrons. The predicted octanol–water partition coefficient (Wildman–Crippen LogP) is 2.50. The molecule has 82 valence electrons. The Morgan fingerprint density at radius 3 is 2.93 bits per heavy atom. The Balaban J connectivity index is 1.96. The number of fused-ring (bicyclic) bond motifs is 3. The van der Waals surface area contributed by atoms with Gasteiger partial charge >= 0.3 is 0 Å². The van der Waals surface area contributed by atoms with Gasteiger partial charge in [-0.1, -0.05) is 12.8 Å². The van der Waals surface area contributed by atoms with Crippen molar-refractivity contribution < 1.29 is 4.79 Å². The van der Waals surface area contributed by atoms with Gasteiger partial charge in [-0.3, -0.25) is 4.79 Å². The van der Waals surface area contributed by atoms with Crippen LogP contribution in [0, 0.1) is 5.92 Å². The summed E-state index contributed by atoms with van der Waals surface area (Å²) in [6.45, 7) is 2.31. The van der Waals surface area contributed by atoms with E-state index in [1.165, 1.54) is 31.4 Å². The molecule has 1 saturated heterocycles. The van der Waals surface area contributed by atoms with Crippen molar-refractivity contribution >= 4 is 5.78 Å². The average Bonchev–Trinajstić information content (AvgIpc) is 2.61. The van der Waals surface area contributed by atoms with Gasteiger partial charge in [0, 0.05) is 29.8 Å². The lowest BCUT2D eigenvalue weighted by molar-refractivity contribution is -0.122. The summed E-state index contributed by atoms with van der Waals surface area (Å²) < 4.78 is 0. The zero-order valence-electron chi connectivity index (χ0n) is 9.41. The smallest absolute Gasteiger partial charge is 0.162 e. The van der Waals surface area contributed by atoms with Crippen molar-refractivity contribution in [3.05, 3.63) is 11.8 Å². The first-order valence-electron chi connectivity index (χ1n) is 6.30. The van der Waals surface area contributed by atoms with Crippen molar-refractivity contribution in [3.8, 4) is 0 Å². The number of nitrogens with zero attached hydrogens (tertiary/aromatic N) is 1. The van der Waals surface area contributed by atoms with Crippen molar-refractivity contribution in [1.82, 2.24) is 4.90 Å². The second-order valence-corrected chi connectivity index (χ2v) is 5.29. The van der Waals surface area contributed by atoms with Crippen LogP contribution in [0.2, 0.25) is 0 Å². The third-order valence-corrected chi connectivity index (χ3v) is 4.39. The summed E-state index contributed by atoms with van der Waals surface area (Å²) in [5.74, 6) is 0.739. The first-order valence-corrected chi connectivity index (χ1v) is 6.30. The molecule has 15 heavy (non-hydrogen) atoms. The molecule has 1 aliphatic carbocycles. The lowest BCUT2D eigenvalue weighted by atomic mass is 9.78. The summed E-state index contributed by atoms with van der Waals surface area (Å²) in [5, 5.41) is 0. The van der Waals surface area contributed by atoms with Gasteiger partial charge in [0.05, 0.1) is 0 Å². The lowest BCUT2D eigenvalue weighted by Gasteiger charge is -2.44. The molecule has 2 nitrogen and oxygen atoms in total. The summed E-state index contributed by atoms with van der Waals surface area (Å²) in [6.07, 6.45) is 9.21. The molecule has 0 amide bonds. The quantitative estimate of drug-likeness (QED) is 0.605. The van der Waals surface area contributed by atoms with E-state index in [2.05, 4.69) is 11.8 Å². The fourth-order valence-electron chi connectivity index (χ4n) is 3.64. The average molecular weight is 205 g/mol. The van der Waals surface area contributed by atoms with E-state index in [9.17, 15) is 4.79 Å². The molecule has 0 bridgehead atoms. The summed E-state index contributed by atoms with van der Waals surface area (Å²) in [7, 11) is 0. The molecule has 0 spiro atoms. The van der Waals surface area contributed by atoms with Gasteiger partial charge in [-0.15, -0.1) is 0 Å². The van der Waals surface area contributed by atoms with E-state index in [0.717, 1.165) is 12.8 Å². The molecular formula is C13H19NO. The van der Waals surface area contributed by atoms with E-state index >= 15 is 0 Å². The topological polar surface area (TPSA) is 20.3 Å². The third-order valence-electron chi connectivity index (χ3n) is 4.39. The molecule has 2 heterocycles. The normalized spacial score (nSPS) is 39.8. The van der Waals surface area contributed by atoms with Crippen molar-refractivity contribution in [1.29, 1.82) is 0 Å². The Bertz CT molecular complexity index is 320. The van der Waals surface area contributed by atoms with Gasteiger partial charge in [0.1, 0.15) is 0 Å². The van der Waals surface area contributed by atoms with E-state index in [1.54, 1.807) is 0 Å². The minimum absolute atomic E-state index is 0.322. The second kappa shape index (κ2) is 3.36. The molecule has 2 aliphatic heterocycles. The van der Waals surface area contributed by atoms with Gasteiger partial charge in [0.2, 0.25) is 0 Å². The SMILES string of the molecule is C[C@@H]1CCC2=CC(=O)[C@H]3CCCC[C@H]3N21. The van der Waals surface area contributed by atoms with Crippen molar-refractivity contribution in [2.24, 2.45) is 5.92 Å². The molecule has 3 atom stereocenters. The van der Waals surface area contributed by atoms with Crippen molar-refractivity contribution in [3.63, 3.8) is 0 Å². The van der Waals surface area contributed by atoms with Crippen LogP contribution in [-0.2, 0) is 4.79 Å². The molecular weight excluding hydrogens is 186 g/mol. The summed E-state index contributed by atoms with van der Waals surface area (Å²) in [6, 6.07) is 1.21.